The highest BCUT2D eigenvalue weighted by Gasteiger charge is 2.19. The zero-order chi connectivity index (χ0) is 23.0. The van der Waals surface area contributed by atoms with Crippen molar-refractivity contribution in [1.29, 1.82) is 0 Å². The van der Waals surface area contributed by atoms with Crippen molar-refractivity contribution in [3.05, 3.63) is 76.5 Å². The van der Waals surface area contributed by atoms with Gasteiger partial charge < -0.3 is 15.4 Å². The number of carbonyl (C=O) groups excluding carboxylic acids is 2. The number of ether oxygens (including phenoxy) is 1. The zero-order valence-electron chi connectivity index (χ0n) is 18.6. The molecule has 0 spiro atoms. The van der Waals surface area contributed by atoms with Gasteiger partial charge in [-0.15, -0.1) is 11.3 Å². The number of nitrogens with zero attached hydrogens (tertiary/aromatic N) is 2. The Kier molecular flexibility index (Phi) is 7.72. The normalized spacial score (nSPS) is 14.6. The minimum Gasteiger partial charge on any atom is -0.497 e. The third-order valence-electron chi connectivity index (χ3n) is 5.57. The van der Waals surface area contributed by atoms with Gasteiger partial charge in [0.1, 0.15) is 5.75 Å². The Morgan fingerprint density at radius 3 is 2.12 bits per heavy atom. The number of nitrogens with one attached hydrogen (secondary N) is 2. The molecule has 0 bridgehead atoms. The second-order valence-corrected chi connectivity index (χ2v) is 8.91. The standard InChI is InChI=1S/C25H28N4O3S/c1-32-22-10-4-19(5-11-22)17-28-12-14-29(15-13-28)18-24(30)26-20-6-8-21(9-7-20)27-25(31)23-3-2-16-33-23/h2-11,16H,12-15,17-18H2,1H3,(H,26,30)(H,27,31). The number of benzene rings is 2. The number of anilines is 2. The molecule has 1 fully saturated rings. The van der Waals surface area contributed by atoms with Gasteiger partial charge in [-0.05, 0) is 53.4 Å². The Morgan fingerprint density at radius 1 is 0.879 bits per heavy atom. The van der Waals surface area contributed by atoms with Crippen molar-refractivity contribution in [3.8, 4) is 5.75 Å². The van der Waals surface area contributed by atoms with Crippen LogP contribution >= 0.6 is 11.3 Å². The summed E-state index contributed by atoms with van der Waals surface area (Å²) in [5.41, 5.74) is 2.67. The summed E-state index contributed by atoms with van der Waals surface area (Å²) in [4.78, 5) is 29.9. The highest BCUT2D eigenvalue weighted by atomic mass is 32.1. The monoisotopic (exact) mass is 464 g/mol. The van der Waals surface area contributed by atoms with E-state index in [-0.39, 0.29) is 11.8 Å². The Balaban J connectivity index is 1.19. The molecule has 1 aliphatic rings. The highest BCUT2D eigenvalue weighted by molar-refractivity contribution is 7.12. The van der Waals surface area contributed by atoms with Crippen molar-refractivity contribution in [3.63, 3.8) is 0 Å². The molecule has 2 aromatic carbocycles. The molecule has 33 heavy (non-hydrogen) atoms. The van der Waals surface area contributed by atoms with Crippen molar-refractivity contribution < 1.29 is 14.3 Å². The summed E-state index contributed by atoms with van der Waals surface area (Å²) in [5.74, 6) is 0.703. The van der Waals surface area contributed by atoms with Crippen molar-refractivity contribution in [2.45, 2.75) is 6.54 Å². The molecule has 3 aromatic rings. The average molecular weight is 465 g/mol. The summed E-state index contributed by atoms with van der Waals surface area (Å²) in [6.07, 6.45) is 0. The van der Waals surface area contributed by atoms with Crippen LogP contribution in [0, 0.1) is 0 Å². The third kappa shape index (κ3) is 6.64. The van der Waals surface area contributed by atoms with Gasteiger partial charge in [0.05, 0.1) is 18.5 Å². The Bertz CT molecular complexity index is 1040. The molecule has 0 unspecified atom stereocenters. The van der Waals surface area contributed by atoms with E-state index in [0.29, 0.717) is 22.8 Å². The molecule has 1 aromatic heterocycles. The Hall–Kier alpha value is -3.20. The molecule has 172 valence electrons. The molecule has 2 amide bonds. The van der Waals surface area contributed by atoms with Gasteiger partial charge in [0.15, 0.2) is 0 Å². The number of hydrogen-bond acceptors (Lipinski definition) is 6. The lowest BCUT2D eigenvalue weighted by atomic mass is 10.2. The summed E-state index contributed by atoms with van der Waals surface area (Å²) in [6, 6.07) is 19.0. The number of piperazine rings is 1. The summed E-state index contributed by atoms with van der Waals surface area (Å²) < 4.78 is 5.21. The molecule has 0 atom stereocenters. The summed E-state index contributed by atoms with van der Waals surface area (Å²) >= 11 is 1.40. The fourth-order valence-corrected chi connectivity index (χ4v) is 4.35. The van der Waals surface area contributed by atoms with E-state index in [1.54, 1.807) is 37.4 Å². The number of amides is 2. The molecule has 1 aliphatic heterocycles. The van der Waals surface area contributed by atoms with E-state index in [1.165, 1.54) is 16.9 Å². The molecule has 0 radical (unpaired) electrons. The largest absolute Gasteiger partial charge is 0.497 e. The first-order valence-electron chi connectivity index (χ1n) is 10.9. The molecule has 1 saturated heterocycles. The van der Waals surface area contributed by atoms with E-state index in [2.05, 4.69) is 32.6 Å². The number of carbonyl (C=O) groups is 2. The van der Waals surface area contributed by atoms with Gasteiger partial charge in [0, 0.05) is 44.1 Å². The van der Waals surface area contributed by atoms with Gasteiger partial charge in [-0.1, -0.05) is 18.2 Å². The van der Waals surface area contributed by atoms with Crippen molar-refractivity contribution in [2.24, 2.45) is 0 Å². The molecule has 4 rings (SSSR count). The predicted molar refractivity (Wildman–Crippen MR) is 132 cm³/mol. The number of methoxy groups -OCH3 is 1. The maximum atomic E-state index is 12.5. The molecule has 8 heteroatoms. The summed E-state index contributed by atoms with van der Waals surface area (Å²) in [7, 11) is 1.67. The third-order valence-corrected chi connectivity index (χ3v) is 6.44. The minimum absolute atomic E-state index is 0.0334. The molecule has 0 aliphatic carbocycles. The topological polar surface area (TPSA) is 73.9 Å². The summed E-state index contributed by atoms with van der Waals surface area (Å²) in [5, 5.41) is 7.67. The lowest BCUT2D eigenvalue weighted by molar-refractivity contribution is -0.117. The van der Waals surface area contributed by atoms with Gasteiger partial charge in [0.2, 0.25) is 5.91 Å². The van der Waals surface area contributed by atoms with Crippen molar-refractivity contribution in [2.75, 3.05) is 50.5 Å². The van der Waals surface area contributed by atoms with Crippen molar-refractivity contribution >= 4 is 34.5 Å². The second-order valence-electron chi connectivity index (χ2n) is 7.96. The molecular weight excluding hydrogens is 436 g/mol. The molecule has 2 heterocycles. The SMILES string of the molecule is COc1ccc(CN2CCN(CC(=O)Nc3ccc(NC(=O)c4cccs4)cc3)CC2)cc1. The molecular formula is C25H28N4O3S. The van der Waals surface area contributed by atoms with Gasteiger partial charge in [-0.3, -0.25) is 19.4 Å². The summed E-state index contributed by atoms with van der Waals surface area (Å²) in [6.45, 7) is 4.84. The van der Waals surface area contributed by atoms with Crippen LogP contribution in [0.5, 0.6) is 5.75 Å². The molecule has 2 N–H and O–H groups in total. The first-order valence-corrected chi connectivity index (χ1v) is 11.8. The van der Waals surface area contributed by atoms with Crippen LogP contribution in [-0.2, 0) is 11.3 Å². The van der Waals surface area contributed by atoms with E-state index in [4.69, 9.17) is 4.74 Å². The fourth-order valence-electron chi connectivity index (χ4n) is 3.74. The maximum Gasteiger partial charge on any atom is 0.265 e. The van der Waals surface area contributed by atoms with E-state index in [9.17, 15) is 9.59 Å². The van der Waals surface area contributed by atoms with Crippen LogP contribution in [0.15, 0.2) is 66.0 Å². The van der Waals surface area contributed by atoms with E-state index in [0.717, 1.165) is 38.5 Å². The molecule has 7 nitrogen and oxygen atoms in total. The second kappa shape index (κ2) is 11.1. The Labute approximate surface area is 198 Å². The van der Waals surface area contributed by atoms with E-state index >= 15 is 0 Å². The van der Waals surface area contributed by atoms with Crippen molar-refractivity contribution in [1.82, 2.24) is 9.80 Å². The van der Waals surface area contributed by atoms with E-state index in [1.807, 2.05) is 23.6 Å². The van der Waals surface area contributed by atoms with Crippen LogP contribution in [0.4, 0.5) is 11.4 Å². The maximum absolute atomic E-state index is 12.5. The van der Waals surface area contributed by atoms with Gasteiger partial charge in [-0.2, -0.15) is 0 Å². The number of thiophene rings is 1. The minimum atomic E-state index is -0.132. The van der Waals surface area contributed by atoms with Crippen LogP contribution in [0.1, 0.15) is 15.2 Å². The van der Waals surface area contributed by atoms with Gasteiger partial charge >= 0.3 is 0 Å². The average Bonchev–Trinajstić information content (AvgIpc) is 3.37. The fraction of sp³-hybridized carbons (Fsp3) is 0.280. The highest BCUT2D eigenvalue weighted by Crippen LogP contribution is 2.17. The Morgan fingerprint density at radius 2 is 1.52 bits per heavy atom. The first kappa shape index (κ1) is 23.0. The number of hydrogen-bond donors (Lipinski definition) is 2. The predicted octanol–water partition coefficient (Wildman–Crippen LogP) is 3.77. The van der Waals surface area contributed by atoms with Gasteiger partial charge in [-0.25, -0.2) is 0 Å². The lowest BCUT2D eigenvalue weighted by Crippen LogP contribution is -2.48. The van der Waals surface area contributed by atoms with Crippen LogP contribution in [-0.4, -0.2) is 61.4 Å². The van der Waals surface area contributed by atoms with E-state index < -0.39 is 0 Å². The van der Waals surface area contributed by atoms with Crippen LogP contribution in [0.25, 0.3) is 0 Å². The first-order chi connectivity index (χ1) is 16.1. The van der Waals surface area contributed by atoms with Gasteiger partial charge in [0.25, 0.3) is 5.91 Å². The van der Waals surface area contributed by atoms with Crippen LogP contribution < -0.4 is 15.4 Å². The molecule has 0 saturated carbocycles. The van der Waals surface area contributed by atoms with Crippen LogP contribution in [0.2, 0.25) is 0 Å². The zero-order valence-corrected chi connectivity index (χ0v) is 19.4. The lowest BCUT2D eigenvalue weighted by Gasteiger charge is -2.34. The number of rotatable bonds is 8. The van der Waals surface area contributed by atoms with Crippen LogP contribution in [0.3, 0.4) is 0 Å². The smallest absolute Gasteiger partial charge is 0.265 e. The quantitative estimate of drug-likeness (QED) is 0.531.